The zero-order chi connectivity index (χ0) is 9.14. The molecule has 0 bridgehead atoms. The Balaban J connectivity index is 3.12. The van der Waals surface area contributed by atoms with Gasteiger partial charge in [-0.1, -0.05) is 19.2 Å². The molecule has 0 aliphatic carbocycles. The van der Waals surface area contributed by atoms with Crippen molar-refractivity contribution in [3.63, 3.8) is 0 Å². The normalized spacial score (nSPS) is 9.50. The van der Waals surface area contributed by atoms with Crippen LogP contribution >= 0.6 is 0 Å². The highest BCUT2D eigenvalue weighted by Gasteiger charge is 2.07. The molecule has 1 rings (SSSR count). The number of hydrogen-bond acceptors (Lipinski definition) is 2. The van der Waals surface area contributed by atoms with Crippen LogP contribution in [-0.2, 0) is 11.8 Å². The standard InChI is InChI=1S/C9H12N2O/c1-5-8-6-11(3)10-9(8)7(2)12-4/h5-6H,1-2H2,3-4H3. The van der Waals surface area contributed by atoms with Gasteiger partial charge >= 0.3 is 0 Å². The molecule has 0 aliphatic heterocycles. The molecular weight excluding hydrogens is 152 g/mol. The number of hydrogen-bond donors (Lipinski definition) is 0. The van der Waals surface area contributed by atoms with Gasteiger partial charge < -0.3 is 4.74 Å². The molecule has 0 radical (unpaired) electrons. The van der Waals surface area contributed by atoms with E-state index in [9.17, 15) is 0 Å². The van der Waals surface area contributed by atoms with Gasteiger partial charge in [-0.15, -0.1) is 0 Å². The molecule has 0 saturated heterocycles. The fraction of sp³-hybridized carbons (Fsp3) is 0.222. The number of aryl methyl sites for hydroxylation is 1. The molecule has 12 heavy (non-hydrogen) atoms. The number of ether oxygens (including phenoxy) is 1. The van der Waals surface area contributed by atoms with Gasteiger partial charge in [0, 0.05) is 18.8 Å². The number of rotatable bonds is 3. The Hall–Kier alpha value is -1.51. The predicted octanol–water partition coefficient (Wildman–Crippen LogP) is 1.68. The number of methoxy groups -OCH3 is 1. The molecule has 0 saturated carbocycles. The van der Waals surface area contributed by atoms with E-state index in [0.717, 1.165) is 11.3 Å². The third-order valence-electron chi connectivity index (χ3n) is 1.59. The van der Waals surface area contributed by atoms with E-state index >= 15 is 0 Å². The first-order valence-corrected chi connectivity index (χ1v) is 3.58. The maximum Gasteiger partial charge on any atom is 0.139 e. The SMILES string of the molecule is C=Cc1cn(C)nc1C(=C)OC. The van der Waals surface area contributed by atoms with Crippen LogP contribution in [0.15, 0.2) is 19.4 Å². The highest BCUT2D eigenvalue weighted by molar-refractivity contribution is 5.65. The molecule has 0 fully saturated rings. The summed E-state index contributed by atoms with van der Waals surface area (Å²) in [5.41, 5.74) is 1.68. The topological polar surface area (TPSA) is 27.1 Å². The Labute approximate surface area is 72.0 Å². The van der Waals surface area contributed by atoms with Crippen LogP contribution in [0.3, 0.4) is 0 Å². The van der Waals surface area contributed by atoms with E-state index in [1.807, 2.05) is 13.2 Å². The molecule has 3 heteroatoms. The van der Waals surface area contributed by atoms with Crippen LogP contribution in [0, 0.1) is 0 Å². The molecule has 0 aromatic carbocycles. The smallest absolute Gasteiger partial charge is 0.139 e. The number of aromatic nitrogens is 2. The van der Waals surface area contributed by atoms with Crippen molar-refractivity contribution in [2.24, 2.45) is 7.05 Å². The Kier molecular flexibility index (Phi) is 2.33. The summed E-state index contributed by atoms with van der Waals surface area (Å²) in [6.45, 7) is 7.39. The molecule has 1 aromatic heterocycles. The average Bonchev–Trinajstić information content (AvgIpc) is 2.45. The summed E-state index contributed by atoms with van der Waals surface area (Å²) in [5, 5.41) is 4.17. The molecule has 3 nitrogen and oxygen atoms in total. The second-order valence-corrected chi connectivity index (χ2v) is 2.44. The minimum atomic E-state index is 0.561. The second kappa shape index (κ2) is 3.26. The molecule has 0 spiro atoms. The lowest BCUT2D eigenvalue weighted by Crippen LogP contribution is -1.91. The summed E-state index contributed by atoms with van der Waals surface area (Å²) in [7, 11) is 3.42. The van der Waals surface area contributed by atoms with Gasteiger partial charge in [0.2, 0.25) is 0 Å². The van der Waals surface area contributed by atoms with Crippen molar-refractivity contribution in [2.45, 2.75) is 0 Å². The zero-order valence-electron chi connectivity index (χ0n) is 7.37. The molecule has 0 unspecified atom stereocenters. The van der Waals surface area contributed by atoms with Crippen LogP contribution in [0.4, 0.5) is 0 Å². The van der Waals surface area contributed by atoms with Crippen LogP contribution in [0.5, 0.6) is 0 Å². The first-order valence-electron chi connectivity index (χ1n) is 3.58. The van der Waals surface area contributed by atoms with Gasteiger partial charge in [-0.3, -0.25) is 4.68 Å². The maximum atomic E-state index is 4.97. The fourth-order valence-electron chi connectivity index (χ4n) is 0.970. The fourth-order valence-corrected chi connectivity index (χ4v) is 0.970. The van der Waals surface area contributed by atoms with E-state index in [2.05, 4.69) is 18.3 Å². The van der Waals surface area contributed by atoms with Crippen molar-refractivity contribution in [2.75, 3.05) is 7.11 Å². The van der Waals surface area contributed by atoms with Crippen LogP contribution in [0.25, 0.3) is 11.8 Å². The highest BCUT2D eigenvalue weighted by Crippen LogP contribution is 2.16. The maximum absolute atomic E-state index is 4.97. The Morgan fingerprint density at radius 3 is 2.92 bits per heavy atom. The molecule has 0 aliphatic rings. The van der Waals surface area contributed by atoms with Crippen LogP contribution < -0.4 is 0 Å². The first-order chi connectivity index (χ1) is 5.69. The highest BCUT2D eigenvalue weighted by atomic mass is 16.5. The molecule has 0 amide bonds. The van der Waals surface area contributed by atoms with Gasteiger partial charge in [-0.2, -0.15) is 5.10 Å². The summed E-state index contributed by atoms with van der Waals surface area (Å²) in [5.74, 6) is 0.561. The summed E-state index contributed by atoms with van der Waals surface area (Å²) < 4.78 is 6.68. The largest absolute Gasteiger partial charge is 0.495 e. The van der Waals surface area contributed by atoms with Crippen molar-refractivity contribution >= 4 is 11.8 Å². The first kappa shape index (κ1) is 8.59. The molecule has 1 heterocycles. The van der Waals surface area contributed by atoms with Crippen molar-refractivity contribution in [1.29, 1.82) is 0 Å². The molecular formula is C9H12N2O. The Morgan fingerprint density at radius 1 is 1.75 bits per heavy atom. The minimum Gasteiger partial charge on any atom is -0.495 e. The summed E-state index contributed by atoms with van der Waals surface area (Å²) in [6, 6.07) is 0. The summed E-state index contributed by atoms with van der Waals surface area (Å²) >= 11 is 0. The van der Waals surface area contributed by atoms with E-state index in [-0.39, 0.29) is 0 Å². The van der Waals surface area contributed by atoms with Crippen molar-refractivity contribution < 1.29 is 4.74 Å². The van der Waals surface area contributed by atoms with E-state index < -0.39 is 0 Å². The zero-order valence-corrected chi connectivity index (χ0v) is 7.37. The van der Waals surface area contributed by atoms with Gasteiger partial charge in [0.25, 0.3) is 0 Å². The Bertz CT molecular complexity index is 312. The predicted molar refractivity (Wildman–Crippen MR) is 49.3 cm³/mol. The van der Waals surface area contributed by atoms with E-state index in [0.29, 0.717) is 5.76 Å². The van der Waals surface area contributed by atoms with Gasteiger partial charge in [0.15, 0.2) is 0 Å². The van der Waals surface area contributed by atoms with E-state index in [1.165, 1.54) is 0 Å². The summed E-state index contributed by atoms with van der Waals surface area (Å²) in [4.78, 5) is 0. The van der Waals surface area contributed by atoms with E-state index in [1.54, 1.807) is 17.9 Å². The van der Waals surface area contributed by atoms with Crippen LogP contribution in [0.1, 0.15) is 11.3 Å². The van der Waals surface area contributed by atoms with Crippen LogP contribution in [0.2, 0.25) is 0 Å². The molecule has 0 N–H and O–H groups in total. The van der Waals surface area contributed by atoms with Crippen molar-refractivity contribution in [3.05, 3.63) is 30.6 Å². The molecule has 64 valence electrons. The minimum absolute atomic E-state index is 0.561. The number of nitrogens with zero attached hydrogens (tertiary/aromatic N) is 2. The quantitative estimate of drug-likeness (QED) is 0.635. The third kappa shape index (κ3) is 1.39. The van der Waals surface area contributed by atoms with Gasteiger partial charge in [-0.05, 0) is 0 Å². The lowest BCUT2D eigenvalue weighted by molar-refractivity contribution is 0.369. The monoisotopic (exact) mass is 164 g/mol. The molecule has 0 atom stereocenters. The third-order valence-corrected chi connectivity index (χ3v) is 1.59. The van der Waals surface area contributed by atoms with Crippen molar-refractivity contribution in [1.82, 2.24) is 9.78 Å². The van der Waals surface area contributed by atoms with Gasteiger partial charge in [0.05, 0.1) is 7.11 Å². The van der Waals surface area contributed by atoms with E-state index in [4.69, 9.17) is 4.74 Å². The second-order valence-electron chi connectivity index (χ2n) is 2.44. The Morgan fingerprint density at radius 2 is 2.42 bits per heavy atom. The lowest BCUT2D eigenvalue weighted by atomic mass is 10.2. The molecule has 1 aromatic rings. The van der Waals surface area contributed by atoms with Crippen LogP contribution in [-0.4, -0.2) is 16.9 Å². The lowest BCUT2D eigenvalue weighted by Gasteiger charge is -1.99. The van der Waals surface area contributed by atoms with Crippen molar-refractivity contribution in [3.8, 4) is 0 Å². The van der Waals surface area contributed by atoms with Gasteiger partial charge in [-0.25, -0.2) is 0 Å². The summed E-state index contributed by atoms with van der Waals surface area (Å²) in [6.07, 6.45) is 3.60. The van der Waals surface area contributed by atoms with Gasteiger partial charge in [0.1, 0.15) is 11.5 Å². The average molecular weight is 164 g/mol.